The Balaban J connectivity index is 3.23. The van der Waals surface area contributed by atoms with Gasteiger partial charge in [-0.15, -0.1) is 0 Å². The minimum Gasteiger partial charge on any atom is -0.508 e. The van der Waals surface area contributed by atoms with Crippen LogP contribution in [0.1, 0.15) is 29.7 Å². The van der Waals surface area contributed by atoms with E-state index in [-0.39, 0.29) is 6.04 Å². The maximum atomic E-state index is 9.37. The van der Waals surface area contributed by atoms with Crippen molar-refractivity contribution in [2.24, 2.45) is 5.73 Å². The Hall–Kier alpha value is -1.02. The van der Waals surface area contributed by atoms with Crippen molar-refractivity contribution < 1.29 is 5.11 Å². The number of nitrogens with two attached hydrogens (primary N) is 1. The molecule has 2 heteroatoms. The summed E-state index contributed by atoms with van der Waals surface area (Å²) in [6, 6.07) is 3.73. The third kappa shape index (κ3) is 1.59. The van der Waals surface area contributed by atoms with Crippen molar-refractivity contribution in [2.75, 3.05) is 0 Å². The Morgan fingerprint density at radius 1 is 1.25 bits per heavy atom. The molecule has 0 heterocycles. The van der Waals surface area contributed by atoms with Crippen molar-refractivity contribution in [1.82, 2.24) is 0 Å². The first-order valence-electron chi connectivity index (χ1n) is 4.08. The maximum absolute atomic E-state index is 9.37. The molecule has 0 fully saturated rings. The van der Waals surface area contributed by atoms with Gasteiger partial charge in [0.05, 0.1) is 0 Å². The molecule has 2 nitrogen and oxygen atoms in total. The molecular formula is C10H15NO. The molecule has 12 heavy (non-hydrogen) atoms. The largest absolute Gasteiger partial charge is 0.508 e. The van der Waals surface area contributed by atoms with Gasteiger partial charge < -0.3 is 10.8 Å². The van der Waals surface area contributed by atoms with Gasteiger partial charge in [-0.25, -0.2) is 0 Å². The molecule has 66 valence electrons. The van der Waals surface area contributed by atoms with E-state index in [1.54, 1.807) is 6.07 Å². The summed E-state index contributed by atoms with van der Waals surface area (Å²) in [4.78, 5) is 0. The maximum Gasteiger partial charge on any atom is 0.118 e. The number of hydrogen-bond acceptors (Lipinski definition) is 2. The van der Waals surface area contributed by atoms with Crippen LogP contribution in [0.3, 0.4) is 0 Å². The van der Waals surface area contributed by atoms with Gasteiger partial charge in [0.25, 0.3) is 0 Å². The molecule has 1 atom stereocenters. The number of benzene rings is 1. The number of phenolic OH excluding ortho intramolecular Hbond substituents is 1. The van der Waals surface area contributed by atoms with Crippen molar-refractivity contribution in [3.8, 4) is 5.75 Å². The molecule has 0 saturated carbocycles. The average molecular weight is 165 g/mol. The summed E-state index contributed by atoms with van der Waals surface area (Å²) in [5.41, 5.74) is 8.79. The third-order valence-electron chi connectivity index (χ3n) is 2.08. The first-order valence-corrected chi connectivity index (χ1v) is 4.08. The van der Waals surface area contributed by atoms with Crippen molar-refractivity contribution in [1.29, 1.82) is 0 Å². The molecule has 0 aliphatic heterocycles. The fraction of sp³-hybridized carbons (Fsp3) is 0.400. The number of hydrogen-bond donors (Lipinski definition) is 2. The summed E-state index contributed by atoms with van der Waals surface area (Å²) < 4.78 is 0. The number of rotatable bonds is 1. The zero-order chi connectivity index (χ0) is 9.30. The molecule has 0 bridgehead atoms. The Bertz CT molecular complexity index is 292. The summed E-state index contributed by atoms with van der Waals surface area (Å²) in [7, 11) is 0. The summed E-state index contributed by atoms with van der Waals surface area (Å²) in [5, 5.41) is 9.37. The summed E-state index contributed by atoms with van der Waals surface area (Å²) in [6.07, 6.45) is 0. The molecule has 0 spiro atoms. The summed E-state index contributed by atoms with van der Waals surface area (Å²) >= 11 is 0. The van der Waals surface area contributed by atoms with Gasteiger partial charge in [0, 0.05) is 6.04 Å². The zero-order valence-corrected chi connectivity index (χ0v) is 7.76. The number of aromatic hydroxyl groups is 1. The average Bonchev–Trinajstić information content (AvgIpc) is 1.96. The van der Waals surface area contributed by atoms with Crippen LogP contribution in [0.15, 0.2) is 12.1 Å². The summed E-state index contributed by atoms with van der Waals surface area (Å²) in [5.74, 6) is 0.344. The highest BCUT2D eigenvalue weighted by molar-refractivity contribution is 5.41. The van der Waals surface area contributed by atoms with Crippen molar-refractivity contribution in [3.05, 3.63) is 28.8 Å². The molecule has 0 aliphatic carbocycles. The normalized spacial score (nSPS) is 13.0. The highest BCUT2D eigenvalue weighted by Gasteiger charge is 2.06. The van der Waals surface area contributed by atoms with Gasteiger partial charge in [-0.2, -0.15) is 0 Å². The minimum absolute atomic E-state index is 0.0318. The minimum atomic E-state index is 0.0318. The van der Waals surface area contributed by atoms with Gasteiger partial charge in [0.2, 0.25) is 0 Å². The van der Waals surface area contributed by atoms with E-state index in [4.69, 9.17) is 5.73 Å². The fourth-order valence-corrected chi connectivity index (χ4v) is 1.31. The molecule has 3 N–H and O–H groups in total. The molecule has 0 aliphatic rings. The van der Waals surface area contributed by atoms with Gasteiger partial charge in [-0.05, 0) is 43.5 Å². The predicted molar refractivity (Wildman–Crippen MR) is 50.2 cm³/mol. The smallest absolute Gasteiger partial charge is 0.118 e. The standard InChI is InChI=1S/C10H15NO/c1-6-5-10(12)7(2)4-9(6)8(3)11/h4-5,8,12H,11H2,1-3H3/t8-/m1/s1. The molecule has 0 unspecified atom stereocenters. The molecular weight excluding hydrogens is 150 g/mol. The Morgan fingerprint density at radius 3 is 2.33 bits per heavy atom. The second-order valence-electron chi connectivity index (χ2n) is 3.28. The summed E-state index contributed by atoms with van der Waals surface area (Å²) in [6.45, 7) is 5.78. The topological polar surface area (TPSA) is 46.2 Å². The highest BCUT2D eigenvalue weighted by atomic mass is 16.3. The molecule has 0 radical (unpaired) electrons. The predicted octanol–water partition coefficient (Wildman–Crippen LogP) is 2.03. The van der Waals surface area contributed by atoms with Crippen LogP contribution < -0.4 is 5.73 Å². The van der Waals surface area contributed by atoms with E-state index in [1.807, 2.05) is 26.8 Å². The van der Waals surface area contributed by atoms with Crippen LogP contribution in [0.5, 0.6) is 5.75 Å². The molecule has 0 saturated heterocycles. The lowest BCUT2D eigenvalue weighted by atomic mass is 10.00. The lowest BCUT2D eigenvalue weighted by Crippen LogP contribution is -2.07. The van der Waals surface area contributed by atoms with Crippen LogP contribution in [0.2, 0.25) is 0 Å². The Morgan fingerprint density at radius 2 is 1.83 bits per heavy atom. The van der Waals surface area contributed by atoms with Crippen molar-refractivity contribution in [3.63, 3.8) is 0 Å². The van der Waals surface area contributed by atoms with Crippen LogP contribution in [0.4, 0.5) is 0 Å². The van der Waals surface area contributed by atoms with E-state index in [0.29, 0.717) is 5.75 Å². The highest BCUT2D eigenvalue weighted by Crippen LogP contribution is 2.24. The van der Waals surface area contributed by atoms with E-state index >= 15 is 0 Å². The van der Waals surface area contributed by atoms with Gasteiger partial charge in [-0.1, -0.05) is 6.07 Å². The first kappa shape index (κ1) is 9.07. The SMILES string of the molecule is Cc1cc([C@@H](C)N)c(C)cc1O. The van der Waals surface area contributed by atoms with E-state index in [0.717, 1.165) is 16.7 Å². The Labute approximate surface area is 73.0 Å². The van der Waals surface area contributed by atoms with Crippen LogP contribution in [-0.2, 0) is 0 Å². The molecule has 1 rings (SSSR count). The number of aryl methyl sites for hydroxylation is 2. The second kappa shape index (κ2) is 3.15. The van der Waals surface area contributed by atoms with Crippen LogP contribution in [-0.4, -0.2) is 5.11 Å². The molecule has 1 aromatic carbocycles. The van der Waals surface area contributed by atoms with Gasteiger partial charge in [0.15, 0.2) is 0 Å². The quantitative estimate of drug-likeness (QED) is 0.668. The zero-order valence-electron chi connectivity index (χ0n) is 7.76. The third-order valence-corrected chi connectivity index (χ3v) is 2.08. The molecule has 0 amide bonds. The monoisotopic (exact) mass is 165 g/mol. The van der Waals surface area contributed by atoms with E-state index in [1.165, 1.54) is 0 Å². The lowest BCUT2D eigenvalue weighted by Gasteiger charge is -2.11. The van der Waals surface area contributed by atoms with Gasteiger partial charge >= 0.3 is 0 Å². The number of phenols is 1. The van der Waals surface area contributed by atoms with Gasteiger partial charge in [-0.3, -0.25) is 0 Å². The fourth-order valence-electron chi connectivity index (χ4n) is 1.31. The van der Waals surface area contributed by atoms with Crippen LogP contribution in [0, 0.1) is 13.8 Å². The van der Waals surface area contributed by atoms with E-state index < -0.39 is 0 Å². The lowest BCUT2D eigenvalue weighted by molar-refractivity contribution is 0.470. The van der Waals surface area contributed by atoms with Crippen LogP contribution >= 0.6 is 0 Å². The van der Waals surface area contributed by atoms with Crippen LogP contribution in [0.25, 0.3) is 0 Å². The van der Waals surface area contributed by atoms with Gasteiger partial charge in [0.1, 0.15) is 5.75 Å². The Kier molecular flexibility index (Phi) is 2.38. The first-order chi connectivity index (χ1) is 5.52. The van der Waals surface area contributed by atoms with E-state index in [2.05, 4.69) is 0 Å². The van der Waals surface area contributed by atoms with E-state index in [9.17, 15) is 5.11 Å². The van der Waals surface area contributed by atoms with Crippen molar-refractivity contribution >= 4 is 0 Å². The second-order valence-corrected chi connectivity index (χ2v) is 3.28. The van der Waals surface area contributed by atoms with Crippen molar-refractivity contribution in [2.45, 2.75) is 26.8 Å². The molecule has 0 aromatic heterocycles. The molecule has 1 aromatic rings.